The number of hydrogen-bond donors (Lipinski definition) is 1. The molecule has 21 heavy (non-hydrogen) atoms. The van der Waals surface area contributed by atoms with Gasteiger partial charge in [-0.05, 0) is 18.2 Å². The molecular formula is C15H13Cl2NO3. The third-order valence-electron chi connectivity index (χ3n) is 3.17. The third-order valence-corrected chi connectivity index (χ3v) is 3.76. The predicted molar refractivity (Wildman–Crippen MR) is 81.3 cm³/mol. The fourth-order valence-corrected chi connectivity index (χ4v) is 2.52. The molecular weight excluding hydrogens is 313 g/mol. The summed E-state index contributed by atoms with van der Waals surface area (Å²) in [7, 11) is 0. The molecule has 3 rings (SSSR count). The SMILES string of the molecule is NCc1cc2c(cc1OCc1ccc(Cl)cc1Cl)OCO2. The molecule has 0 atom stereocenters. The van der Waals surface area contributed by atoms with Crippen LogP contribution in [0.25, 0.3) is 0 Å². The van der Waals surface area contributed by atoms with Crippen molar-refractivity contribution in [2.45, 2.75) is 13.2 Å². The molecule has 0 saturated carbocycles. The van der Waals surface area contributed by atoms with E-state index in [1.165, 1.54) is 0 Å². The van der Waals surface area contributed by atoms with E-state index in [0.29, 0.717) is 40.4 Å². The van der Waals surface area contributed by atoms with Crippen molar-refractivity contribution in [3.63, 3.8) is 0 Å². The first-order chi connectivity index (χ1) is 10.2. The summed E-state index contributed by atoms with van der Waals surface area (Å²) < 4.78 is 16.5. The molecule has 0 fully saturated rings. The van der Waals surface area contributed by atoms with Crippen LogP contribution in [0, 0.1) is 0 Å². The maximum Gasteiger partial charge on any atom is 0.231 e. The van der Waals surface area contributed by atoms with E-state index in [4.69, 9.17) is 43.1 Å². The molecule has 0 unspecified atom stereocenters. The van der Waals surface area contributed by atoms with Gasteiger partial charge in [0.15, 0.2) is 11.5 Å². The molecule has 0 amide bonds. The van der Waals surface area contributed by atoms with Gasteiger partial charge in [-0.3, -0.25) is 0 Å². The normalized spacial score (nSPS) is 12.5. The van der Waals surface area contributed by atoms with Crippen molar-refractivity contribution in [3.8, 4) is 17.2 Å². The molecule has 6 heteroatoms. The monoisotopic (exact) mass is 325 g/mol. The smallest absolute Gasteiger partial charge is 0.231 e. The summed E-state index contributed by atoms with van der Waals surface area (Å²) in [6.07, 6.45) is 0. The number of ether oxygens (including phenoxy) is 3. The van der Waals surface area contributed by atoms with Crippen molar-refractivity contribution in [1.29, 1.82) is 0 Å². The Bertz CT molecular complexity index is 676. The number of hydrogen-bond acceptors (Lipinski definition) is 4. The largest absolute Gasteiger partial charge is 0.488 e. The van der Waals surface area contributed by atoms with E-state index in [1.54, 1.807) is 18.2 Å². The molecule has 0 aliphatic carbocycles. The number of rotatable bonds is 4. The molecule has 1 aliphatic heterocycles. The van der Waals surface area contributed by atoms with Gasteiger partial charge in [0, 0.05) is 33.8 Å². The van der Waals surface area contributed by atoms with Gasteiger partial charge < -0.3 is 19.9 Å². The van der Waals surface area contributed by atoms with E-state index in [0.717, 1.165) is 11.1 Å². The second-order valence-corrected chi connectivity index (χ2v) is 5.39. The van der Waals surface area contributed by atoms with Crippen LogP contribution in [0.1, 0.15) is 11.1 Å². The van der Waals surface area contributed by atoms with Gasteiger partial charge in [-0.25, -0.2) is 0 Å². The number of fused-ring (bicyclic) bond motifs is 1. The zero-order valence-electron chi connectivity index (χ0n) is 11.1. The predicted octanol–water partition coefficient (Wildman–Crippen LogP) is 3.76. The minimum absolute atomic E-state index is 0.214. The lowest BCUT2D eigenvalue weighted by molar-refractivity contribution is 0.173. The van der Waals surface area contributed by atoms with Gasteiger partial charge >= 0.3 is 0 Å². The first kappa shape index (κ1) is 14.3. The fourth-order valence-electron chi connectivity index (χ4n) is 2.05. The van der Waals surface area contributed by atoms with Crippen molar-refractivity contribution < 1.29 is 14.2 Å². The van der Waals surface area contributed by atoms with Crippen LogP contribution in [-0.2, 0) is 13.2 Å². The highest BCUT2D eigenvalue weighted by Crippen LogP contribution is 2.38. The highest BCUT2D eigenvalue weighted by molar-refractivity contribution is 6.35. The first-order valence-electron chi connectivity index (χ1n) is 6.36. The molecule has 2 N–H and O–H groups in total. The van der Waals surface area contributed by atoms with E-state index in [2.05, 4.69) is 0 Å². The van der Waals surface area contributed by atoms with Gasteiger partial charge in [-0.2, -0.15) is 0 Å². The molecule has 0 bridgehead atoms. The highest BCUT2D eigenvalue weighted by atomic mass is 35.5. The minimum Gasteiger partial charge on any atom is -0.488 e. The molecule has 0 aromatic heterocycles. The Morgan fingerprint density at radius 2 is 1.81 bits per heavy atom. The molecule has 1 aliphatic rings. The molecule has 2 aromatic carbocycles. The van der Waals surface area contributed by atoms with Crippen molar-refractivity contribution >= 4 is 23.2 Å². The van der Waals surface area contributed by atoms with E-state index in [-0.39, 0.29) is 6.79 Å². The van der Waals surface area contributed by atoms with Crippen LogP contribution in [0.15, 0.2) is 30.3 Å². The van der Waals surface area contributed by atoms with E-state index in [9.17, 15) is 0 Å². The number of nitrogens with two attached hydrogens (primary N) is 1. The second kappa shape index (κ2) is 6.02. The maximum atomic E-state index is 6.13. The van der Waals surface area contributed by atoms with Crippen LogP contribution in [-0.4, -0.2) is 6.79 Å². The number of benzene rings is 2. The van der Waals surface area contributed by atoms with E-state index < -0.39 is 0 Å². The minimum atomic E-state index is 0.214. The average Bonchev–Trinajstić information content (AvgIpc) is 2.92. The molecule has 4 nitrogen and oxygen atoms in total. The second-order valence-electron chi connectivity index (χ2n) is 4.54. The van der Waals surface area contributed by atoms with Gasteiger partial charge in [0.1, 0.15) is 12.4 Å². The lowest BCUT2D eigenvalue weighted by Gasteiger charge is -2.12. The Balaban J connectivity index is 1.81. The van der Waals surface area contributed by atoms with Crippen molar-refractivity contribution in [2.24, 2.45) is 5.73 Å². The van der Waals surface area contributed by atoms with E-state index in [1.807, 2.05) is 12.1 Å². The molecule has 0 saturated heterocycles. The number of halogens is 2. The Kier molecular flexibility index (Phi) is 4.10. The van der Waals surface area contributed by atoms with Crippen LogP contribution < -0.4 is 19.9 Å². The van der Waals surface area contributed by atoms with Gasteiger partial charge in [0.05, 0.1) is 0 Å². The Morgan fingerprint density at radius 3 is 2.52 bits per heavy atom. The first-order valence-corrected chi connectivity index (χ1v) is 7.12. The molecule has 0 radical (unpaired) electrons. The highest BCUT2D eigenvalue weighted by Gasteiger charge is 2.17. The Labute approximate surface area is 132 Å². The van der Waals surface area contributed by atoms with Crippen LogP contribution in [0.5, 0.6) is 17.2 Å². The summed E-state index contributed by atoms with van der Waals surface area (Å²) >= 11 is 12.0. The summed E-state index contributed by atoms with van der Waals surface area (Å²) in [5.41, 5.74) is 7.44. The van der Waals surface area contributed by atoms with Gasteiger partial charge in [-0.15, -0.1) is 0 Å². The van der Waals surface area contributed by atoms with Crippen molar-refractivity contribution in [2.75, 3.05) is 6.79 Å². The summed E-state index contributed by atoms with van der Waals surface area (Å²) in [5, 5.41) is 1.16. The summed E-state index contributed by atoms with van der Waals surface area (Å²) in [5.74, 6) is 2.00. The van der Waals surface area contributed by atoms with Gasteiger partial charge in [-0.1, -0.05) is 29.3 Å². The van der Waals surface area contributed by atoms with Gasteiger partial charge in [0.2, 0.25) is 6.79 Å². The van der Waals surface area contributed by atoms with Crippen LogP contribution in [0.2, 0.25) is 10.0 Å². The summed E-state index contributed by atoms with van der Waals surface area (Å²) in [6.45, 7) is 0.884. The van der Waals surface area contributed by atoms with Crippen molar-refractivity contribution in [1.82, 2.24) is 0 Å². The van der Waals surface area contributed by atoms with Crippen LogP contribution in [0.3, 0.4) is 0 Å². The lowest BCUT2D eigenvalue weighted by Crippen LogP contribution is -2.03. The lowest BCUT2D eigenvalue weighted by atomic mass is 10.1. The van der Waals surface area contributed by atoms with Gasteiger partial charge in [0.25, 0.3) is 0 Å². The molecule has 110 valence electrons. The quantitative estimate of drug-likeness (QED) is 0.929. The van der Waals surface area contributed by atoms with Crippen LogP contribution in [0.4, 0.5) is 0 Å². The molecule has 1 heterocycles. The third kappa shape index (κ3) is 3.02. The standard InChI is InChI=1S/C15H13Cl2NO3/c16-11-2-1-9(12(17)4-11)7-19-13-5-15-14(20-8-21-15)3-10(13)6-18/h1-5H,6-8,18H2. The Morgan fingerprint density at radius 1 is 1.05 bits per heavy atom. The zero-order chi connectivity index (χ0) is 14.8. The maximum absolute atomic E-state index is 6.13. The molecule has 2 aromatic rings. The van der Waals surface area contributed by atoms with Crippen molar-refractivity contribution in [3.05, 3.63) is 51.5 Å². The zero-order valence-corrected chi connectivity index (χ0v) is 12.6. The summed E-state index contributed by atoms with van der Waals surface area (Å²) in [6, 6.07) is 8.91. The Hall–Kier alpha value is -1.62. The van der Waals surface area contributed by atoms with E-state index >= 15 is 0 Å². The fraction of sp³-hybridized carbons (Fsp3) is 0.200. The molecule has 0 spiro atoms. The topological polar surface area (TPSA) is 53.7 Å². The summed E-state index contributed by atoms with van der Waals surface area (Å²) in [4.78, 5) is 0. The average molecular weight is 326 g/mol. The van der Waals surface area contributed by atoms with Crippen LogP contribution >= 0.6 is 23.2 Å².